The van der Waals surface area contributed by atoms with Gasteiger partial charge in [-0.1, -0.05) is 18.2 Å². The summed E-state index contributed by atoms with van der Waals surface area (Å²) in [6, 6.07) is 14.5. The SMILES string of the molecule is CCOC(=O)c1cccc2c1N(Cc1ccncc1)CC1=C2CN(Cc2cccs2)CC1. The van der Waals surface area contributed by atoms with Gasteiger partial charge in [-0.25, -0.2) is 4.79 Å². The van der Waals surface area contributed by atoms with Crippen molar-refractivity contribution in [2.75, 3.05) is 31.1 Å². The summed E-state index contributed by atoms with van der Waals surface area (Å²) in [4.78, 5) is 23.3. The molecule has 5 nitrogen and oxygen atoms in total. The minimum Gasteiger partial charge on any atom is -0.462 e. The molecule has 0 spiro atoms. The summed E-state index contributed by atoms with van der Waals surface area (Å²) >= 11 is 1.81. The van der Waals surface area contributed by atoms with E-state index in [0.29, 0.717) is 12.2 Å². The first-order chi connectivity index (χ1) is 15.7. The predicted octanol–water partition coefficient (Wildman–Crippen LogP) is 5.00. The third-order valence-corrected chi connectivity index (χ3v) is 7.04. The molecular formula is C26H27N3O2S. The monoisotopic (exact) mass is 445 g/mol. The first-order valence-electron chi connectivity index (χ1n) is 11.1. The van der Waals surface area contributed by atoms with E-state index in [9.17, 15) is 4.79 Å². The van der Waals surface area contributed by atoms with E-state index in [2.05, 4.69) is 38.4 Å². The van der Waals surface area contributed by atoms with Gasteiger partial charge in [0.2, 0.25) is 0 Å². The Bertz CT molecular complexity index is 1130. The summed E-state index contributed by atoms with van der Waals surface area (Å²) in [5, 5.41) is 2.14. The molecule has 0 radical (unpaired) electrons. The normalized spacial score (nSPS) is 16.0. The van der Waals surface area contributed by atoms with Gasteiger partial charge >= 0.3 is 5.97 Å². The lowest BCUT2D eigenvalue weighted by molar-refractivity contribution is 0.0527. The molecule has 2 aliphatic rings. The van der Waals surface area contributed by atoms with Crippen molar-refractivity contribution in [3.8, 4) is 0 Å². The van der Waals surface area contributed by atoms with Crippen molar-refractivity contribution in [3.63, 3.8) is 0 Å². The molecule has 0 atom stereocenters. The van der Waals surface area contributed by atoms with Crippen molar-refractivity contribution in [2.24, 2.45) is 0 Å². The zero-order chi connectivity index (χ0) is 21.9. The third-order valence-electron chi connectivity index (χ3n) is 6.18. The zero-order valence-electron chi connectivity index (χ0n) is 18.3. The summed E-state index contributed by atoms with van der Waals surface area (Å²) in [6.45, 7) is 6.75. The minimum atomic E-state index is -0.251. The van der Waals surface area contributed by atoms with Gasteiger partial charge in [-0.2, -0.15) is 0 Å². The smallest absolute Gasteiger partial charge is 0.340 e. The molecule has 0 amide bonds. The molecule has 0 bridgehead atoms. The lowest BCUT2D eigenvalue weighted by Gasteiger charge is -2.40. The van der Waals surface area contributed by atoms with Crippen molar-refractivity contribution in [1.82, 2.24) is 9.88 Å². The number of aromatic nitrogens is 1. The van der Waals surface area contributed by atoms with Gasteiger partial charge < -0.3 is 9.64 Å². The van der Waals surface area contributed by atoms with Gasteiger partial charge in [-0.15, -0.1) is 11.3 Å². The number of fused-ring (bicyclic) bond motifs is 2. The van der Waals surface area contributed by atoms with Crippen molar-refractivity contribution >= 4 is 28.6 Å². The maximum Gasteiger partial charge on any atom is 0.340 e. The molecule has 0 saturated heterocycles. The van der Waals surface area contributed by atoms with Crippen LogP contribution in [0.15, 0.2) is 65.8 Å². The third kappa shape index (κ3) is 4.20. The Morgan fingerprint density at radius 2 is 1.97 bits per heavy atom. The zero-order valence-corrected chi connectivity index (χ0v) is 19.1. The average Bonchev–Trinajstić information content (AvgIpc) is 3.33. The van der Waals surface area contributed by atoms with E-state index in [-0.39, 0.29) is 5.97 Å². The number of benzene rings is 1. The van der Waals surface area contributed by atoms with Gasteiger partial charge in [0.05, 0.1) is 17.9 Å². The van der Waals surface area contributed by atoms with Crippen LogP contribution in [0.3, 0.4) is 0 Å². The van der Waals surface area contributed by atoms with Gasteiger partial charge in [0.25, 0.3) is 0 Å². The number of esters is 1. The summed E-state index contributed by atoms with van der Waals surface area (Å²) in [5.41, 5.74) is 6.86. The van der Waals surface area contributed by atoms with Crippen molar-refractivity contribution in [2.45, 2.75) is 26.4 Å². The molecule has 1 aromatic carbocycles. The van der Waals surface area contributed by atoms with Crippen LogP contribution in [0, 0.1) is 0 Å². The Kier molecular flexibility index (Phi) is 6.06. The molecule has 0 N–H and O–H groups in total. The minimum absolute atomic E-state index is 0.251. The molecule has 0 unspecified atom stereocenters. The first-order valence-corrected chi connectivity index (χ1v) is 12.0. The second kappa shape index (κ2) is 9.27. The van der Waals surface area contributed by atoms with Crippen LogP contribution in [0.2, 0.25) is 0 Å². The average molecular weight is 446 g/mol. The highest BCUT2D eigenvalue weighted by Crippen LogP contribution is 2.41. The number of nitrogens with zero attached hydrogens (tertiary/aromatic N) is 3. The van der Waals surface area contributed by atoms with E-state index >= 15 is 0 Å². The van der Waals surface area contributed by atoms with Crippen LogP contribution in [0.25, 0.3) is 5.57 Å². The molecule has 3 aromatic rings. The summed E-state index contributed by atoms with van der Waals surface area (Å²) in [5.74, 6) is -0.251. The largest absolute Gasteiger partial charge is 0.462 e. The Hall–Kier alpha value is -2.96. The van der Waals surface area contributed by atoms with Gasteiger partial charge in [-0.3, -0.25) is 9.88 Å². The Balaban J connectivity index is 1.52. The first kappa shape index (κ1) is 20.9. The highest BCUT2D eigenvalue weighted by molar-refractivity contribution is 7.09. The quantitative estimate of drug-likeness (QED) is 0.500. The van der Waals surface area contributed by atoms with E-state index in [1.807, 2.05) is 54.9 Å². The van der Waals surface area contributed by atoms with Crippen molar-refractivity contribution < 1.29 is 9.53 Å². The van der Waals surface area contributed by atoms with Crippen LogP contribution >= 0.6 is 11.3 Å². The predicted molar refractivity (Wildman–Crippen MR) is 129 cm³/mol. The highest BCUT2D eigenvalue weighted by Gasteiger charge is 2.32. The molecule has 0 fully saturated rings. The number of hydrogen-bond acceptors (Lipinski definition) is 6. The van der Waals surface area contributed by atoms with Gasteiger partial charge in [0.15, 0.2) is 0 Å². The fourth-order valence-corrected chi connectivity index (χ4v) is 5.47. The number of carbonyl (C=O) groups is 1. The lowest BCUT2D eigenvalue weighted by Crippen LogP contribution is -2.38. The van der Waals surface area contributed by atoms with Crippen LogP contribution in [-0.4, -0.2) is 42.1 Å². The number of hydrogen-bond donors (Lipinski definition) is 0. The number of anilines is 1. The molecule has 2 aromatic heterocycles. The van der Waals surface area contributed by atoms with E-state index in [1.54, 1.807) is 0 Å². The van der Waals surface area contributed by atoms with E-state index in [4.69, 9.17) is 4.74 Å². The summed E-state index contributed by atoms with van der Waals surface area (Å²) < 4.78 is 5.42. The van der Waals surface area contributed by atoms with Crippen LogP contribution in [0.4, 0.5) is 5.69 Å². The topological polar surface area (TPSA) is 45.7 Å². The fraction of sp³-hybridized carbons (Fsp3) is 0.308. The van der Waals surface area contributed by atoms with E-state index in [0.717, 1.165) is 44.8 Å². The van der Waals surface area contributed by atoms with Crippen molar-refractivity contribution in [3.05, 3.63) is 87.4 Å². The van der Waals surface area contributed by atoms with E-state index < -0.39 is 0 Å². The van der Waals surface area contributed by atoms with Crippen molar-refractivity contribution in [1.29, 1.82) is 0 Å². The van der Waals surface area contributed by atoms with Crippen LogP contribution in [0.1, 0.15) is 39.7 Å². The number of carbonyl (C=O) groups excluding carboxylic acids is 1. The van der Waals surface area contributed by atoms with E-state index in [1.165, 1.54) is 27.2 Å². The molecular weight excluding hydrogens is 418 g/mol. The number of para-hydroxylation sites is 1. The molecule has 5 rings (SSSR count). The highest BCUT2D eigenvalue weighted by atomic mass is 32.1. The van der Waals surface area contributed by atoms with Crippen LogP contribution < -0.4 is 4.90 Å². The summed E-state index contributed by atoms with van der Waals surface area (Å²) in [6.07, 6.45) is 4.70. The number of rotatable bonds is 6. The Morgan fingerprint density at radius 1 is 1.09 bits per heavy atom. The molecule has 32 heavy (non-hydrogen) atoms. The molecule has 0 saturated carbocycles. The maximum atomic E-state index is 12.9. The van der Waals surface area contributed by atoms with Gasteiger partial charge in [0.1, 0.15) is 0 Å². The summed E-state index contributed by atoms with van der Waals surface area (Å²) in [7, 11) is 0. The molecule has 2 aliphatic heterocycles. The van der Waals surface area contributed by atoms with Gasteiger partial charge in [0, 0.05) is 55.6 Å². The second-order valence-corrected chi connectivity index (χ2v) is 9.29. The van der Waals surface area contributed by atoms with Crippen LogP contribution in [-0.2, 0) is 17.8 Å². The molecule has 164 valence electrons. The second-order valence-electron chi connectivity index (χ2n) is 8.26. The Labute approximate surface area is 193 Å². The number of thiophene rings is 1. The lowest BCUT2D eigenvalue weighted by atomic mass is 9.87. The number of pyridine rings is 1. The van der Waals surface area contributed by atoms with Gasteiger partial charge in [-0.05, 0) is 59.7 Å². The molecule has 0 aliphatic carbocycles. The molecule has 4 heterocycles. The van der Waals surface area contributed by atoms with Crippen LogP contribution in [0.5, 0.6) is 0 Å². The Morgan fingerprint density at radius 3 is 2.75 bits per heavy atom. The maximum absolute atomic E-state index is 12.9. The molecule has 6 heteroatoms. The fourth-order valence-electron chi connectivity index (χ4n) is 4.72. The number of ether oxygens (including phenoxy) is 1. The standard InChI is InChI=1S/C26H27N3O2S/c1-2-31-26(30)23-7-3-6-22-24-18-28(17-21-5-4-14-32-21)13-10-20(24)16-29(25(22)23)15-19-8-11-27-12-9-19/h3-9,11-12,14H,2,10,13,15-18H2,1H3.